The highest BCUT2D eigenvalue weighted by atomic mass is 35.5. The summed E-state index contributed by atoms with van der Waals surface area (Å²) in [5, 5.41) is 3.47. The van der Waals surface area contributed by atoms with Crippen molar-refractivity contribution in [3.8, 4) is 5.75 Å². The molecular weight excluding hydrogens is 562 g/mol. The molecule has 4 rings (SSSR count). The fourth-order valence-corrected chi connectivity index (χ4v) is 6.43. The minimum Gasteiger partial charge on any atom is -0.494 e. The first-order chi connectivity index (χ1) is 19.7. The highest BCUT2D eigenvalue weighted by Crippen LogP contribution is 2.27. The summed E-state index contributed by atoms with van der Waals surface area (Å²) in [6, 6.07) is 20.9. The number of amides is 2. The number of hydrogen-bond donors (Lipinski definition) is 1. The lowest BCUT2D eigenvalue weighted by Gasteiger charge is -2.32. The van der Waals surface area contributed by atoms with Crippen LogP contribution in [0.2, 0.25) is 5.02 Å². The van der Waals surface area contributed by atoms with Crippen molar-refractivity contribution in [2.24, 2.45) is 0 Å². The van der Waals surface area contributed by atoms with Crippen molar-refractivity contribution in [1.82, 2.24) is 10.2 Å². The van der Waals surface area contributed by atoms with Gasteiger partial charge in [-0.2, -0.15) is 0 Å². The number of anilines is 1. The minimum atomic E-state index is -4.18. The summed E-state index contributed by atoms with van der Waals surface area (Å²) in [5.41, 5.74) is 1.12. The monoisotopic (exact) mass is 597 g/mol. The molecule has 1 atom stereocenters. The molecule has 2 amide bonds. The number of nitrogens with one attached hydrogen (secondary N) is 1. The van der Waals surface area contributed by atoms with Gasteiger partial charge in [0.2, 0.25) is 11.8 Å². The van der Waals surface area contributed by atoms with Gasteiger partial charge in [0.1, 0.15) is 18.3 Å². The molecule has 0 aromatic heterocycles. The largest absolute Gasteiger partial charge is 0.494 e. The predicted molar refractivity (Wildman–Crippen MR) is 160 cm³/mol. The summed E-state index contributed by atoms with van der Waals surface area (Å²) in [4.78, 5) is 28.7. The lowest BCUT2D eigenvalue weighted by Crippen LogP contribution is -2.52. The lowest BCUT2D eigenvalue weighted by atomic mass is 10.1. The van der Waals surface area contributed by atoms with Gasteiger partial charge in [0.05, 0.1) is 17.2 Å². The van der Waals surface area contributed by atoms with Gasteiger partial charge in [0.15, 0.2) is 0 Å². The Morgan fingerprint density at radius 3 is 2.22 bits per heavy atom. The second-order valence-electron chi connectivity index (χ2n) is 10.1. The van der Waals surface area contributed by atoms with Crippen molar-refractivity contribution >= 4 is 39.1 Å². The first-order valence-corrected chi connectivity index (χ1v) is 15.7. The standard InChI is InChI=1S/C31H36ClN3O5S/c1-3-40-28-17-15-27(16-18-28)35(41(38,39)29-19-13-25(32)14-20-29)22-30(36)34(21-24-9-5-4-6-10-24)23(2)31(37)33-26-11-7-8-12-26/h4-6,9-10,13-20,23,26H,3,7-8,11-12,21-22H2,1-2H3,(H,33,37). The van der Waals surface area contributed by atoms with E-state index in [4.69, 9.17) is 16.3 Å². The molecule has 0 aliphatic heterocycles. The molecule has 0 heterocycles. The Morgan fingerprint density at radius 1 is 0.976 bits per heavy atom. The quantitative estimate of drug-likeness (QED) is 0.301. The van der Waals surface area contributed by atoms with Gasteiger partial charge >= 0.3 is 0 Å². The number of carbonyl (C=O) groups is 2. The van der Waals surface area contributed by atoms with E-state index in [0.29, 0.717) is 23.1 Å². The Bertz CT molecular complexity index is 1410. The second-order valence-corrected chi connectivity index (χ2v) is 12.4. The van der Waals surface area contributed by atoms with Crippen molar-refractivity contribution in [3.05, 3.63) is 89.4 Å². The third-order valence-electron chi connectivity index (χ3n) is 7.18. The maximum absolute atomic E-state index is 14.0. The van der Waals surface area contributed by atoms with E-state index in [0.717, 1.165) is 35.6 Å². The van der Waals surface area contributed by atoms with Gasteiger partial charge in [-0.15, -0.1) is 0 Å². The number of rotatable bonds is 12. The van der Waals surface area contributed by atoms with E-state index in [2.05, 4.69) is 5.32 Å². The van der Waals surface area contributed by atoms with Crippen molar-refractivity contribution in [2.75, 3.05) is 17.5 Å². The molecule has 1 fully saturated rings. The molecule has 3 aromatic rings. The Kier molecular flexibility index (Phi) is 10.3. The van der Waals surface area contributed by atoms with Gasteiger partial charge in [0, 0.05) is 17.6 Å². The molecule has 0 radical (unpaired) electrons. The molecule has 0 saturated heterocycles. The average molecular weight is 598 g/mol. The summed E-state index contributed by atoms with van der Waals surface area (Å²) in [7, 11) is -4.18. The normalized spacial score (nSPS) is 14.3. The zero-order valence-electron chi connectivity index (χ0n) is 23.3. The number of ether oxygens (including phenoxy) is 1. The number of carbonyl (C=O) groups excluding carboxylic acids is 2. The Hall–Kier alpha value is -3.56. The van der Waals surface area contributed by atoms with Crippen LogP contribution in [0.5, 0.6) is 5.75 Å². The fourth-order valence-electron chi connectivity index (χ4n) is 4.89. The number of nitrogens with zero attached hydrogens (tertiary/aromatic N) is 2. The van der Waals surface area contributed by atoms with E-state index < -0.39 is 28.5 Å². The maximum Gasteiger partial charge on any atom is 0.264 e. The van der Waals surface area contributed by atoms with E-state index >= 15 is 0 Å². The first-order valence-electron chi connectivity index (χ1n) is 13.8. The maximum atomic E-state index is 14.0. The Labute approximate surface area is 247 Å². The molecular formula is C31H36ClN3O5S. The number of sulfonamides is 1. The van der Waals surface area contributed by atoms with Crippen LogP contribution in [0.25, 0.3) is 0 Å². The van der Waals surface area contributed by atoms with Gasteiger partial charge in [-0.05, 0) is 80.8 Å². The molecule has 10 heteroatoms. The van der Waals surface area contributed by atoms with Crippen LogP contribution in [-0.2, 0) is 26.2 Å². The molecule has 1 saturated carbocycles. The van der Waals surface area contributed by atoms with Crippen LogP contribution in [0.4, 0.5) is 5.69 Å². The molecule has 218 valence electrons. The smallest absolute Gasteiger partial charge is 0.264 e. The van der Waals surface area contributed by atoms with Crippen LogP contribution in [0.1, 0.15) is 45.1 Å². The molecule has 1 N–H and O–H groups in total. The third-order valence-corrected chi connectivity index (χ3v) is 9.22. The van der Waals surface area contributed by atoms with Crippen molar-refractivity contribution in [3.63, 3.8) is 0 Å². The van der Waals surface area contributed by atoms with Crippen molar-refractivity contribution < 1.29 is 22.7 Å². The van der Waals surface area contributed by atoms with Gasteiger partial charge in [0.25, 0.3) is 10.0 Å². The topological polar surface area (TPSA) is 96.0 Å². The molecule has 8 nitrogen and oxygen atoms in total. The van der Waals surface area contributed by atoms with Crippen LogP contribution < -0.4 is 14.4 Å². The second kappa shape index (κ2) is 13.9. The van der Waals surface area contributed by atoms with Crippen LogP contribution >= 0.6 is 11.6 Å². The van der Waals surface area contributed by atoms with Gasteiger partial charge in [-0.1, -0.05) is 54.8 Å². The molecule has 1 unspecified atom stereocenters. The van der Waals surface area contributed by atoms with E-state index in [9.17, 15) is 18.0 Å². The fraction of sp³-hybridized carbons (Fsp3) is 0.355. The molecule has 1 aliphatic rings. The van der Waals surface area contributed by atoms with E-state index in [-0.39, 0.29) is 23.4 Å². The zero-order valence-corrected chi connectivity index (χ0v) is 24.9. The summed E-state index contributed by atoms with van der Waals surface area (Å²) in [6.07, 6.45) is 3.95. The Morgan fingerprint density at radius 2 is 1.61 bits per heavy atom. The highest BCUT2D eigenvalue weighted by Gasteiger charge is 2.33. The summed E-state index contributed by atoms with van der Waals surface area (Å²) >= 11 is 6.01. The van der Waals surface area contributed by atoms with Crippen LogP contribution in [0.3, 0.4) is 0 Å². The van der Waals surface area contributed by atoms with Crippen LogP contribution in [0.15, 0.2) is 83.8 Å². The van der Waals surface area contributed by atoms with E-state index in [1.54, 1.807) is 31.2 Å². The zero-order chi connectivity index (χ0) is 29.4. The Balaban J connectivity index is 1.67. The predicted octanol–water partition coefficient (Wildman–Crippen LogP) is 5.41. The van der Waals surface area contributed by atoms with Gasteiger partial charge < -0.3 is 15.0 Å². The number of benzene rings is 3. The summed E-state index contributed by atoms with van der Waals surface area (Å²) in [5.74, 6) is -0.182. The van der Waals surface area contributed by atoms with E-state index in [1.165, 1.54) is 29.2 Å². The first kappa shape index (κ1) is 30.4. The number of hydrogen-bond acceptors (Lipinski definition) is 5. The van der Waals surface area contributed by atoms with E-state index in [1.807, 2.05) is 37.3 Å². The van der Waals surface area contributed by atoms with Gasteiger partial charge in [-0.3, -0.25) is 13.9 Å². The molecule has 3 aromatic carbocycles. The lowest BCUT2D eigenvalue weighted by molar-refractivity contribution is -0.139. The van der Waals surface area contributed by atoms with Crippen molar-refractivity contribution in [1.29, 1.82) is 0 Å². The van der Waals surface area contributed by atoms with Crippen molar-refractivity contribution in [2.45, 2.75) is 63.1 Å². The molecule has 1 aliphatic carbocycles. The van der Waals surface area contributed by atoms with Crippen LogP contribution in [-0.4, -0.2) is 50.4 Å². The highest BCUT2D eigenvalue weighted by molar-refractivity contribution is 7.92. The summed E-state index contributed by atoms with van der Waals surface area (Å²) in [6.45, 7) is 3.64. The number of halogens is 1. The van der Waals surface area contributed by atoms with Crippen LogP contribution in [0, 0.1) is 0 Å². The molecule has 0 spiro atoms. The van der Waals surface area contributed by atoms with Gasteiger partial charge in [-0.25, -0.2) is 8.42 Å². The minimum absolute atomic E-state index is 0.00906. The molecule has 41 heavy (non-hydrogen) atoms. The summed E-state index contributed by atoms with van der Waals surface area (Å²) < 4.78 is 34.4. The SMILES string of the molecule is CCOc1ccc(N(CC(=O)N(Cc2ccccc2)C(C)C(=O)NC2CCCC2)S(=O)(=O)c2ccc(Cl)cc2)cc1. The molecule has 0 bridgehead atoms. The third kappa shape index (κ3) is 7.80. The average Bonchev–Trinajstić information content (AvgIpc) is 3.48.